The number of nitrogens with zero attached hydrogens (tertiary/aromatic N) is 1. The van der Waals surface area contributed by atoms with Gasteiger partial charge >= 0.3 is 12.0 Å². The summed E-state index contributed by atoms with van der Waals surface area (Å²) >= 11 is 0. The molecule has 0 bridgehead atoms. The van der Waals surface area contributed by atoms with Crippen molar-refractivity contribution in [1.82, 2.24) is 10.2 Å². The highest BCUT2D eigenvalue weighted by molar-refractivity contribution is 5.75. The molecule has 1 aliphatic heterocycles. The number of aliphatic hydroxyl groups excluding tert-OH is 1. The monoisotopic (exact) mass is 284 g/mol. The van der Waals surface area contributed by atoms with Crippen molar-refractivity contribution in [2.24, 2.45) is 11.8 Å². The molecule has 1 heterocycles. The van der Waals surface area contributed by atoms with E-state index in [0.717, 1.165) is 12.8 Å². The predicted octanol–water partition coefficient (Wildman–Crippen LogP) is 1.04. The number of aliphatic carboxylic acids is 1. The van der Waals surface area contributed by atoms with E-state index < -0.39 is 5.97 Å². The van der Waals surface area contributed by atoms with E-state index in [1.165, 1.54) is 12.8 Å². The fourth-order valence-electron chi connectivity index (χ4n) is 3.39. The number of carboxylic acids is 1. The largest absolute Gasteiger partial charge is 0.481 e. The average Bonchev–Trinajstić information content (AvgIpc) is 2.92. The summed E-state index contributed by atoms with van der Waals surface area (Å²) in [6, 6.07) is -0.207. The zero-order chi connectivity index (χ0) is 14.5. The molecule has 1 saturated carbocycles. The topological polar surface area (TPSA) is 89.9 Å². The summed E-state index contributed by atoms with van der Waals surface area (Å²) in [6.07, 6.45) is 4.99. The number of likely N-dealkylation sites (tertiary alicyclic amines) is 1. The summed E-state index contributed by atoms with van der Waals surface area (Å²) in [7, 11) is 0. The lowest BCUT2D eigenvalue weighted by Gasteiger charge is -2.39. The Hall–Kier alpha value is -1.30. The maximum atomic E-state index is 12.0. The number of carbonyl (C=O) groups excluding carboxylic acids is 1. The molecule has 2 fully saturated rings. The Balaban J connectivity index is 1.82. The van der Waals surface area contributed by atoms with Crippen molar-refractivity contribution < 1.29 is 19.8 Å². The van der Waals surface area contributed by atoms with E-state index in [4.69, 9.17) is 5.11 Å². The Morgan fingerprint density at radius 2 is 1.90 bits per heavy atom. The molecule has 6 heteroatoms. The van der Waals surface area contributed by atoms with Crippen LogP contribution in [0.5, 0.6) is 0 Å². The Morgan fingerprint density at radius 3 is 2.55 bits per heavy atom. The van der Waals surface area contributed by atoms with Gasteiger partial charge in [0.25, 0.3) is 0 Å². The van der Waals surface area contributed by atoms with Crippen molar-refractivity contribution in [2.45, 2.75) is 44.6 Å². The van der Waals surface area contributed by atoms with Crippen LogP contribution in [0.2, 0.25) is 0 Å². The van der Waals surface area contributed by atoms with Crippen LogP contribution in [0.1, 0.15) is 38.5 Å². The number of nitrogens with one attached hydrogen (secondary N) is 1. The van der Waals surface area contributed by atoms with Crippen molar-refractivity contribution in [3.63, 3.8) is 0 Å². The quantitative estimate of drug-likeness (QED) is 0.719. The van der Waals surface area contributed by atoms with Gasteiger partial charge in [-0.2, -0.15) is 0 Å². The molecular weight excluding hydrogens is 260 g/mol. The van der Waals surface area contributed by atoms with Crippen molar-refractivity contribution in [3.05, 3.63) is 0 Å². The molecule has 1 aliphatic carbocycles. The molecule has 0 spiro atoms. The maximum absolute atomic E-state index is 12.0. The molecule has 1 saturated heterocycles. The second kappa shape index (κ2) is 6.92. The second-order valence-corrected chi connectivity index (χ2v) is 5.89. The molecule has 0 radical (unpaired) electrons. The fraction of sp³-hybridized carbons (Fsp3) is 0.857. The van der Waals surface area contributed by atoms with Gasteiger partial charge in [-0.15, -0.1) is 0 Å². The minimum absolute atomic E-state index is 0.0613. The first kappa shape index (κ1) is 15.1. The molecule has 0 aromatic carbocycles. The molecule has 6 nitrogen and oxygen atoms in total. The lowest BCUT2D eigenvalue weighted by molar-refractivity contribution is -0.136. The predicted molar refractivity (Wildman–Crippen MR) is 73.3 cm³/mol. The third-order valence-electron chi connectivity index (χ3n) is 4.53. The number of carboxylic acid groups (broad SMARTS) is 1. The Kier molecular flexibility index (Phi) is 5.23. The van der Waals surface area contributed by atoms with E-state index in [0.29, 0.717) is 25.4 Å². The number of piperidine rings is 1. The summed E-state index contributed by atoms with van der Waals surface area (Å²) in [5.41, 5.74) is 0. The number of hydrogen-bond acceptors (Lipinski definition) is 3. The number of amides is 2. The number of aliphatic hydroxyl groups is 1. The smallest absolute Gasteiger partial charge is 0.317 e. The maximum Gasteiger partial charge on any atom is 0.317 e. The van der Waals surface area contributed by atoms with Crippen molar-refractivity contribution in [3.8, 4) is 0 Å². The van der Waals surface area contributed by atoms with Crippen molar-refractivity contribution >= 4 is 12.0 Å². The van der Waals surface area contributed by atoms with E-state index in [2.05, 4.69) is 5.32 Å². The third-order valence-corrected chi connectivity index (χ3v) is 4.53. The highest BCUT2D eigenvalue weighted by Gasteiger charge is 2.36. The third kappa shape index (κ3) is 3.85. The number of hydrogen-bond donors (Lipinski definition) is 3. The molecule has 2 atom stereocenters. The molecule has 0 aromatic rings. The Labute approximate surface area is 119 Å². The second-order valence-electron chi connectivity index (χ2n) is 5.89. The molecule has 0 unspecified atom stereocenters. The fourth-order valence-corrected chi connectivity index (χ4v) is 3.39. The Morgan fingerprint density at radius 1 is 1.20 bits per heavy atom. The van der Waals surface area contributed by atoms with Gasteiger partial charge in [0.15, 0.2) is 0 Å². The summed E-state index contributed by atoms with van der Waals surface area (Å²) in [5.74, 6) is -0.209. The van der Waals surface area contributed by atoms with Crippen LogP contribution >= 0.6 is 0 Å². The number of rotatable bonds is 4. The summed E-state index contributed by atoms with van der Waals surface area (Å²) in [5, 5.41) is 21.3. The van der Waals surface area contributed by atoms with Crippen molar-refractivity contribution in [2.75, 3.05) is 19.6 Å². The van der Waals surface area contributed by atoms with Crippen LogP contribution in [0.25, 0.3) is 0 Å². The highest BCUT2D eigenvalue weighted by Crippen LogP contribution is 2.36. The zero-order valence-electron chi connectivity index (χ0n) is 11.8. The van der Waals surface area contributed by atoms with E-state index in [1.54, 1.807) is 4.90 Å². The first-order valence-corrected chi connectivity index (χ1v) is 7.50. The van der Waals surface area contributed by atoms with Crippen LogP contribution in [0.3, 0.4) is 0 Å². The van der Waals surface area contributed by atoms with Gasteiger partial charge in [-0.1, -0.05) is 25.7 Å². The number of urea groups is 1. The molecule has 3 N–H and O–H groups in total. The lowest BCUT2D eigenvalue weighted by Crippen LogP contribution is -2.51. The standard InChI is InChI=1S/C14H24N2O4/c17-12-6-8-16(14(20)15-7-5-13(18)19)9-11(12)10-3-1-2-4-10/h10-12,17H,1-9H2,(H,15,20)(H,18,19)/t11-,12+/m0/s1. The van der Waals surface area contributed by atoms with E-state index in [9.17, 15) is 14.7 Å². The number of carbonyl (C=O) groups is 2. The van der Waals surface area contributed by atoms with Gasteiger partial charge in [0.05, 0.1) is 12.5 Å². The molecule has 2 aliphatic rings. The zero-order valence-corrected chi connectivity index (χ0v) is 11.8. The summed E-state index contributed by atoms with van der Waals surface area (Å²) < 4.78 is 0. The molecule has 2 amide bonds. The molecule has 2 rings (SSSR count). The van der Waals surface area contributed by atoms with Crippen LogP contribution in [0.4, 0.5) is 4.79 Å². The van der Waals surface area contributed by atoms with Crippen LogP contribution in [-0.4, -0.2) is 52.9 Å². The van der Waals surface area contributed by atoms with E-state index in [1.807, 2.05) is 0 Å². The van der Waals surface area contributed by atoms with Gasteiger partial charge in [0.1, 0.15) is 0 Å². The van der Waals surface area contributed by atoms with Crippen molar-refractivity contribution in [1.29, 1.82) is 0 Å². The highest BCUT2D eigenvalue weighted by atomic mass is 16.4. The van der Waals surface area contributed by atoms with Crippen LogP contribution in [0, 0.1) is 11.8 Å². The molecule has 114 valence electrons. The van der Waals surface area contributed by atoms with Gasteiger partial charge in [-0.05, 0) is 12.3 Å². The van der Waals surface area contributed by atoms with Gasteiger partial charge in [0, 0.05) is 25.6 Å². The van der Waals surface area contributed by atoms with Gasteiger partial charge < -0.3 is 20.4 Å². The first-order chi connectivity index (χ1) is 9.58. The van der Waals surface area contributed by atoms with Crippen LogP contribution in [-0.2, 0) is 4.79 Å². The average molecular weight is 284 g/mol. The summed E-state index contributed by atoms with van der Waals surface area (Å²) in [6.45, 7) is 1.29. The summed E-state index contributed by atoms with van der Waals surface area (Å²) in [4.78, 5) is 24.1. The molecule has 20 heavy (non-hydrogen) atoms. The van der Waals surface area contributed by atoms with Crippen LogP contribution in [0.15, 0.2) is 0 Å². The minimum atomic E-state index is -0.914. The Bertz CT molecular complexity index is 355. The van der Waals surface area contributed by atoms with Gasteiger partial charge in [-0.3, -0.25) is 4.79 Å². The van der Waals surface area contributed by atoms with E-state index >= 15 is 0 Å². The normalized spacial score (nSPS) is 27.6. The van der Waals surface area contributed by atoms with Crippen LogP contribution < -0.4 is 5.32 Å². The minimum Gasteiger partial charge on any atom is -0.481 e. The molecule has 0 aromatic heterocycles. The van der Waals surface area contributed by atoms with E-state index in [-0.39, 0.29) is 31.0 Å². The SMILES string of the molecule is O=C(O)CCNC(=O)N1CC[C@@H](O)[C@H](C2CCCC2)C1. The molecular formula is C14H24N2O4. The lowest BCUT2D eigenvalue weighted by atomic mass is 9.82. The first-order valence-electron chi connectivity index (χ1n) is 7.50. The van der Waals surface area contributed by atoms with Gasteiger partial charge in [0.2, 0.25) is 0 Å². The van der Waals surface area contributed by atoms with Gasteiger partial charge in [-0.25, -0.2) is 4.79 Å².